The molecule has 0 aliphatic carbocycles. The third kappa shape index (κ3) is 3.56. The maximum absolute atomic E-state index is 12.4. The lowest BCUT2D eigenvalue weighted by Crippen LogP contribution is -2.49. The first-order valence-corrected chi connectivity index (χ1v) is 6.60. The summed E-state index contributed by atoms with van der Waals surface area (Å²) >= 11 is 0. The lowest BCUT2D eigenvalue weighted by Gasteiger charge is -2.34. The van der Waals surface area contributed by atoms with E-state index in [1.54, 1.807) is 18.3 Å². The van der Waals surface area contributed by atoms with Crippen LogP contribution < -0.4 is 5.32 Å². The van der Waals surface area contributed by atoms with Gasteiger partial charge in [0.15, 0.2) is 0 Å². The molecule has 20 heavy (non-hydrogen) atoms. The molecular formula is C15H18N2O3. The van der Waals surface area contributed by atoms with Gasteiger partial charge < -0.3 is 15.2 Å². The molecule has 0 atom stereocenters. The number of carbonyl (C=O) groups excluding carboxylic acids is 1. The first-order chi connectivity index (χ1) is 9.64. The van der Waals surface area contributed by atoms with Gasteiger partial charge in [0.05, 0.1) is 5.56 Å². The molecule has 2 N–H and O–H groups in total. The summed E-state index contributed by atoms with van der Waals surface area (Å²) in [5.41, 5.74) is 0.546. The largest absolute Gasteiger partial charge is 0.384 e. The minimum atomic E-state index is -0.269. The minimum absolute atomic E-state index is 0.239. The van der Waals surface area contributed by atoms with Crippen LogP contribution in [0.2, 0.25) is 0 Å². The quantitative estimate of drug-likeness (QED) is 0.780. The normalized spacial score (nSPS) is 16.9. The lowest BCUT2D eigenvalue weighted by molar-refractivity contribution is 0.0421. The van der Waals surface area contributed by atoms with Crippen LogP contribution in [0.3, 0.4) is 0 Å². The van der Waals surface area contributed by atoms with Crippen LogP contribution in [0, 0.1) is 11.8 Å². The van der Waals surface area contributed by atoms with Gasteiger partial charge >= 0.3 is 0 Å². The SMILES string of the molecule is CC1(NC(=O)c2ncccc2C#CCO)CCOCC1. The maximum Gasteiger partial charge on any atom is 0.271 e. The van der Waals surface area contributed by atoms with E-state index in [-0.39, 0.29) is 18.1 Å². The second-order valence-corrected chi connectivity index (χ2v) is 4.99. The Labute approximate surface area is 118 Å². The van der Waals surface area contributed by atoms with Crippen molar-refractivity contribution < 1.29 is 14.6 Å². The van der Waals surface area contributed by atoms with Gasteiger partial charge in [-0.2, -0.15) is 0 Å². The third-order valence-corrected chi connectivity index (χ3v) is 3.34. The predicted octanol–water partition coefficient (Wildman–Crippen LogP) is 0.724. The molecule has 1 aliphatic rings. The van der Waals surface area contributed by atoms with Gasteiger partial charge in [0, 0.05) is 24.9 Å². The Kier molecular flexibility index (Phi) is 4.72. The summed E-state index contributed by atoms with van der Waals surface area (Å²) in [7, 11) is 0. The number of hydrogen-bond acceptors (Lipinski definition) is 4. The molecule has 0 spiro atoms. The second kappa shape index (κ2) is 6.51. The summed E-state index contributed by atoms with van der Waals surface area (Å²) in [5, 5.41) is 11.8. The van der Waals surface area contributed by atoms with Crippen molar-refractivity contribution in [3.8, 4) is 11.8 Å². The van der Waals surface area contributed by atoms with Crippen LogP contribution in [-0.2, 0) is 4.74 Å². The fourth-order valence-corrected chi connectivity index (χ4v) is 2.10. The maximum atomic E-state index is 12.4. The van der Waals surface area contributed by atoms with Crippen molar-refractivity contribution in [2.45, 2.75) is 25.3 Å². The Morgan fingerprint density at radius 2 is 2.30 bits per heavy atom. The van der Waals surface area contributed by atoms with Crippen molar-refractivity contribution in [2.24, 2.45) is 0 Å². The molecule has 1 aromatic heterocycles. The highest BCUT2D eigenvalue weighted by atomic mass is 16.5. The van der Waals surface area contributed by atoms with Gasteiger partial charge in [-0.1, -0.05) is 11.8 Å². The number of aliphatic hydroxyl groups excluding tert-OH is 1. The Balaban J connectivity index is 2.16. The zero-order valence-corrected chi connectivity index (χ0v) is 11.5. The smallest absolute Gasteiger partial charge is 0.271 e. The van der Waals surface area contributed by atoms with E-state index in [2.05, 4.69) is 22.1 Å². The summed E-state index contributed by atoms with van der Waals surface area (Å²) in [6.07, 6.45) is 3.12. The van der Waals surface area contributed by atoms with Crippen LogP contribution in [0.5, 0.6) is 0 Å². The number of pyridine rings is 1. The van der Waals surface area contributed by atoms with Crippen molar-refractivity contribution in [1.29, 1.82) is 0 Å². The number of amides is 1. The van der Waals surface area contributed by atoms with E-state index in [9.17, 15) is 4.79 Å². The fourth-order valence-electron chi connectivity index (χ4n) is 2.10. The highest BCUT2D eigenvalue weighted by Crippen LogP contribution is 2.20. The molecule has 0 unspecified atom stereocenters. The molecule has 1 aliphatic heterocycles. The number of nitrogens with zero attached hydrogens (tertiary/aromatic N) is 1. The Bertz CT molecular complexity index is 540. The van der Waals surface area contributed by atoms with E-state index in [1.807, 2.05) is 6.92 Å². The van der Waals surface area contributed by atoms with E-state index in [4.69, 9.17) is 9.84 Å². The van der Waals surface area contributed by atoms with Crippen molar-refractivity contribution in [2.75, 3.05) is 19.8 Å². The molecule has 2 rings (SSSR count). The van der Waals surface area contributed by atoms with E-state index in [0.29, 0.717) is 24.5 Å². The van der Waals surface area contributed by atoms with Crippen molar-refractivity contribution in [3.63, 3.8) is 0 Å². The zero-order valence-electron chi connectivity index (χ0n) is 11.5. The summed E-state index contributed by atoms with van der Waals surface area (Å²) in [4.78, 5) is 16.5. The summed E-state index contributed by atoms with van der Waals surface area (Å²) in [5.74, 6) is 5.05. The predicted molar refractivity (Wildman–Crippen MR) is 74.1 cm³/mol. The number of hydrogen-bond donors (Lipinski definition) is 2. The Morgan fingerprint density at radius 1 is 1.55 bits per heavy atom. The Morgan fingerprint density at radius 3 is 3.00 bits per heavy atom. The standard InChI is InChI=1S/C15H18N2O3/c1-15(6-10-20-11-7-15)17-14(19)13-12(5-3-9-18)4-2-8-16-13/h2,4,8,18H,6-7,9-11H2,1H3,(H,17,19). The molecular weight excluding hydrogens is 256 g/mol. The van der Waals surface area contributed by atoms with Gasteiger partial charge in [0.1, 0.15) is 12.3 Å². The topological polar surface area (TPSA) is 71.5 Å². The number of aliphatic hydroxyl groups is 1. The van der Waals surface area contributed by atoms with E-state index < -0.39 is 0 Å². The van der Waals surface area contributed by atoms with Crippen molar-refractivity contribution in [1.82, 2.24) is 10.3 Å². The van der Waals surface area contributed by atoms with Gasteiger partial charge in [-0.15, -0.1) is 0 Å². The van der Waals surface area contributed by atoms with Crippen molar-refractivity contribution >= 4 is 5.91 Å². The molecule has 0 aromatic carbocycles. The molecule has 106 valence electrons. The Hall–Kier alpha value is -1.90. The molecule has 5 nitrogen and oxygen atoms in total. The lowest BCUT2D eigenvalue weighted by atomic mass is 9.92. The zero-order chi connectivity index (χ0) is 14.4. The van der Waals surface area contributed by atoms with Gasteiger partial charge in [0.25, 0.3) is 5.91 Å². The summed E-state index contributed by atoms with van der Waals surface area (Å²) < 4.78 is 5.31. The molecule has 5 heteroatoms. The third-order valence-electron chi connectivity index (χ3n) is 3.34. The average Bonchev–Trinajstić information content (AvgIpc) is 2.45. The van der Waals surface area contributed by atoms with Crippen LogP contribution in [0.1, 0.15) is 35.8 Å². The number of nitrogens with one attached hydrogen (secondary N) is 1. The van der Waals surface area contributed by atoms with Gasteiger partial charge in [-0.3, -0.25) is 4.79 Å². The fraction of sp³-hybridized carbons (Fsp3) is 0.467. The van der Waals surface area contributed by atoms with E-state index in [0.717, 1.165) is 12.8 Å². The van der Waals surface area contributed by atoms with E-state index in [1.165, 1.54) is 0 Å². The minimum Gasteiger partial charge on any atom is -0.384 e. The van der Waals surface area contributed by atoms with Crippen LogP contribution in [-0.4, -0.2) is 41.4 Å². The molecule has 0 bridgehead atoms. The van der Waals surface area contributed by atoms with Crippen LogP contribution in [0.4, 0.5) is 0 Å². The first-order valence-electron chi connectivity index (χ1n) is 6.60. The van der Waals surface area contributed by atoms with Crippen LogP contribution in [0.15, 0.2) is 18.3 Å². The number of carbonyl (C=O) groups is 1. The van der Waals surface area contributed by atoms with Gasteiger partial charge in [-0.25, -0.2) is 4.98 Å². The second-order valence-electron chi connectivity index (χ2n) is 4.99. The van der Waals surface area contributed by atoms with Crippen LogP contribution >= 0.6 is 0 Å². The molecule has 1 saturated heterocycles. The molecule has 1 amide bonds. The molecule has 1 fully saturated rings. The molecule has 0 radical (unpaired) electrons. The number of rotatable bonds is 2. The average molecular weight is 274 g/mol. The number of aromatic nitrogens is 1. The molecule has 2 heterocycles. The highest BCUT2D eigenvalue weighted by molar-refractivity contribution is 5.95. The highest BCUT2D eigenvalue weighted by Gasteiger charge is 2.30. The van der Waals surface area contributed by atoms with Crippen LogP contribution in [0.25, 0.3) is 0 Å². The van der Waals surface area contributed by atoms with Crippen molar-refractivity contribution in [3.05, 3.63) is 29.6 Å². The van der Waals surface area contributed by atoms with Gasteiger partial charge in [0.2, 0.25) is 0 Å². The van der Waals surface area contributed by atoms with E-state index >= 15 is 0 Å². The first kappa shape index (κ1) is 14.5. The summed E-state index contributed by atoms with van der Waals surface area (Å²) in [6.45, 7) is 3.06. The molecule has 1 aromatic rings. The number of ether oxygens (including phenoxy) is 1. The monoisotopic (exact) mass is 274 g/mol. The molecule has 0 saturated carbocycles. The van der Waals surface area contributed by atoms with Gasteiger partial charge in [-0.05, 0) is 31.9 Å². The summed E-state index contributed by atoms with van der Waals surface area (Å²) in [6, 6.07) is 3.44.